The first-order valence-corrected chi connectivity index (χ1v) is 4.53. The number of aryl methyl sites for hydroxylation is 1. The average Bonchev–Trinajstić information content (AvgIpc) is 2.71. The van der Waals surface area contributed by atoms with Crippen molar-refractivity contribution in [2.45, 2.75) is 6.92 Å². The average molecular weight is 202 g/mol. The molecule has 0 aliphatic carbocycles. The van der Waals surface area contributed by atoms with Crippen molar-refractivity contribution in [2.75, 3.05) is 0 Å². The first-order chi connectivity index (χ1) is 7.25. The van der Waals surface area contributed by atoms with Crippen molar-refractivity contribution in [1.29, 1.82) is 0 Å². The van der Waals surface area contributed by atoms with Gasteiger partial charge in [-0.2, -0.15) is 4.73 Å². The molecule has 1 heterocycles. The van der Waals surface area contributed by atoms with Gasteiger partial charge in [0.25, 0.3) is 0 Å². The zero-order chi connectivity index (χ0) is 10.7. The van der Waals surface area contributed by atoms with Crippen molar-refractivity contribution in [3.8, 4) is 0 Å². The zero-order valence-corrected chi connectivity index (χ0v) is 8.25. The minimum Gasteiger partial charge on any atom is -0.330 e. The van der Waals surface area contributed by atoms with Crippen molar-refractivity contribution < 1.29 is 9.63 Å². The van der Waals surface area contributed by atoms with Gasteiger partial charge in [0.1, 0.15) is 6.33 Å². The Labute approximate surface area is 87.1 Å². The van der Waals surface area contributed by atoms with Crippen LogP contribution in [0.15, 0.2) is 43.0 Å². The van der Waals surface area contributed by atoms with Crippen LogP contribution < -0.4 is 4.84 Å². The third-order valence-corrected chi connectivity index (χ3v) is 1.96. The summed E-state index contributed by atoms with van der Waals surface area (Å²) < 4.78 is 1.27. The molecule has 0 saturated heterocycles. The quantitative estimate of drug-likeness (QED) is 0.740. The lowest BCUT2D eigenvalue weighted by atomic mass is 10.2. The molecule has 0 aliphatic rings. The van der Waals surface area contributed by atoms with E-state index in [1.807, 2.05) is 19.1 Å². The van der Waals surface area contributed by atoms with Crippen molar-refractivity contribution in [3.05, 3.63) is 54.1 Å². The van der Waals surface area contributed by atoms with Crippen molar-refractivity contribution in [1.82, 2.24) is 9.71 Å². The van der Waals surface area contributed by atoms with E-state index in [-0.39, 0.29) is 0 Å². The number of imidazole rings is 1. The van der Waals surface area contributed by atoms with Gasteiger partial charge in [0.15, 0.2) is 0 Å². The van der Waals surface area contributed by atoms with Gasteiger partial charge in [-0.25, -0.2) is 9.78 Å². The maximum atomic E-state index is 11.6. The Morgan fingerprint density at radius 2 is 2.07 bits per heavy atom. The number of rotatable bonds is 2. The number of carbonyl (C=O) groups excluding carboxylic acids is 1. The molecule has 0 unspecified atom stereocenters. The second-order valence-corrected chi connectivity index (χ2v) is 3.17. The lowest BCUT2D eigenvalue weighted by Crippen LogP contribution is -2.18. The number of hydrogen-bond donors (Lipinski definition) is 0. The van der Waals surface area contributed by atoms with Gasteiger partial charge in [-0.05, 0) is 19.1 Å². The Kier molecular flexibility index (Phi) is 2.49. The molecule has 0 bridgehead atoms. The fourth-order valence-electron chi connectivity index (χ4n) is 1.14. The molecule has 2 aromatic rings. The highest BCUT2D eigenvalue weighted by Gasteiger charge is 2.07. The van der Waals surface area contributed by atoms with E-state index in [0.717, 1.165) is 5.56 Å². The fraction of sp³-hybridized carbons (Fsp3) is 0.0909. The van der Waals surface area contributed by atoms with Crippen LogP contribution in [0.25, 0.3) is 0 Å². The molecule has 0 fully saturated rings. The van der Waals surface area contributed by atoms with Crippen molar-refractivity contribution in [3.63, 3.8) is 0 Å². The molecule has 0 atom stereocenters. The fourth-order valence-corrected chi connectivity index (χ4v) is 1.14. The van der Waals surface area contributed by atoms with Gasteiger partial charge in [-0.15, -0.1) is 0 Å². The Bertz CT molecular complexity index is 446. The molecule has 15 heavy (non-hydrogen) atoms. The van der Waals surface area contributed by atoms with E-state index in [1.54, 1.807) is 24.5 Å². The van der Waals surface area contributed by atoms with Gasteiger partial charge < -0.3 is 4.84 Å². The van der Waals surface area contributed by atoms with E-state index in [0.29, 0.717) is 5.56 Å². The molecule has 1 aromatic heterocycles. The lowest BCUT2D eigenvalue weighted by Gasteiger charge is -2.03. The van der Waals surface area contributed by atoms with Crippen molar-refractivity contribution in [2.24, 2.45) is 0 Å². The molecule has 0 spiro atoms. The first-order valence-electron chi connectivity index (χ1n) is 4.53. The normalized spacial score (nSPS) is 9.93. The summed E-state index contributed by atoms with van der Waals surface area (Å²) in [4.78, 5) is 20.3. The van der Waals surface area contributed by atoms with Gasteiger partial charge in [-0.1, -0.05) is 17.7 Å². The summed E-state index contributed by atoms with van der Waals surface area (Å²) >= 11 is 0. The minimum absolute atomic E-state index is 0.395. The van der Waals surface area contributed by atoms with Crippen LogP contribution in [-0.4, -0.2) is 15.7 Å². The van der Waals surface area contributed by atoms with Crippen LogP contribution in [0.3, 0.4) is 0 Å². The third-order valence-electron chi connectivity index (χ3n) is 1.96. The SMILES string of the molecule is Cc1ccc(C(=O)On2ccnc2)cc1. The summed E-state index contributed by atoms with van der Waals surface area (Å²) in [6, 6.07) is 7.19. The zero-order valence-electron chi connectivity index (χ0n) is 8.25. The molecule has 2 rings (SSSR count). The van der Waals surface area contributed by atoms with Gasteiger partial charge in [0, 0.05) is 6.20 Å². The molecule has 4 heteroatoms. The maximum absolute atomic E-state index is 11.6. The molecule has 0 saturated carbocycles. The van der Waals surface area contributed by atoms with Crippen LogP contribution in [0.5, 0.6) is 0 Å². The molecule has 0 aliphatic heterocycles. The molecule has 0 radical (unpaired) electrons. The van der Waals surface area contributed by atoms with E-state index in [4.69, 9.17) is 4.84 Å². The topological polar surface area (TPSA) is 44.1 Å². The monoisotopic (exact) mass is 202 g/mol. The Hall–Kier alpha value is -2.10. The highest BCUT2D eigenvalue weighted by molar-refractivity contribution is 5.89. The molecular weight excluding hydrogens is 192 g/mol. The van der Waals surface area contributed by atoms with E-state index in [1.165, 1.54) is 11.1 Å². The summed E-state index contributed by atoms with van der Waals surface area (Å²) in [5, 5.41) is 0. The van der Waals surface area contributed by atoms with Crippen LogP contribution in [0.2, 0.25) is 0 Å². The summed E-state index contributed by atoms with van der Waals surface area (Å²) in [6.07, 6.45) is 4.53. The van der Waals surface area contributed by atoms with Gasteiger partial charge in [-0.3, -0.25) is 0 Å². The maximum Gasteiger partial charge on any atom is 0.363 e. The summed E-state index contributed by atoms with van der Waals surface area (Å²) in [6.45, 7) is 1.96. The second kappa shape index (κ2) is 3.96. The van der Waals surface area contributed by atoms with Gasteiger partial charge >= 0.3 is 5.97 Å². The molecule has 76 valence electrons. The number of aromatic nitrogens is 2. The molecule has 4 nitrogen and oxygen atoms in total. The molecular formula is C11H10N2O2. The number of hydrogen-bond acceptors (Lipinski definition) is 3. The largest absolute Gasteiger partial charge is 0.363 e. The second-order valence-electron chi connectivity index (χ2n) is 3.17. The highest BCUT2D eigenvalue weighted by Crippen LogP contribution is 2.03. The summed E-state index contributed by atoms with van der Waals surface area (Å²) in [7, 11) is 0. The van der Waals surface area contributed by atoms with Crippen LogP contribution in [0.4, 0.5) is 0 Å². The van der Waals surface area contributed by atoms with Crippen molar-refractivity contribution >= 4 is 5.97 Å². The van der Waals surface area contributed by atoms with E-state index in [2.05, 4.69) is 4.98 Å². The minimum atomic E-state index is -0.395. The van der Waals surface area contributed by atoms with Crippen LogP contribution in [-0.2, 0) is 0 Å². The predicted molar refractivity (Wildman–Crippen MR) is 54.3 cm³/mol. The smallest absolute Gasteiger partial charge is 0.330 e. The van der Waals surface area contributed by atoms with Gasteiger partial charge in [0.05, 0.1) is 11.8 Å². The predicted octanol–water partition coefficient (Wildman–Crippen LogP) is 1.46. The standard InChI is InChI=1S/C11H10N2O2/c1-9-2-4-10(5-3-9)11(14)15-13-7-6-12-8-13/h2-8H,1H3. The Morgan fingerprint density at radius 3 is 2.67 bits per heavy atom. The summed E-state index contributed by atoms with van der Waals surface area (Å²) in [5.41, 5.74) is 1.63. The van der Waals surface area contributed by atoms with Crippen LogP contribution in [0.1, 0.15) is 15.9 Å². The van der Waals surface area contributed by atoms with E-state index in [9.17, 15) is 4.79 Å². The van der Waals surface area contributed by atoms with Gasteiger partial charge in [0.2, 0.25) is 0 Å². The van der Waals surface area contributed by atoms with Crippen LogP contribution in [0, 0.1) is 6.92 Å². The molecule has 0 amide bonds. The molecule has 0 N–H and O–H groups in total. The van der Waals surface area contributed by atoms with E-state index < -0.39 is 5.97 Å². The first kappa shape index (κ1) is 9.45. The van der Waals surface area contributed by atoms with Crippen LogP contribution >= 0.6 is 0 Å². The number of benzene rings is 1. The summed E-state index contributed by atoms with van der Waals surface area (Å²) in [5.74, 6) is -0.395. The number of carbonyl (C=O) groups is 1. The Morgan fingerprint density at radius 1 is 1.33 bits per heavy atom. The third kappa shape index (κ3) is 2.22. The Balaban J connectivity index is 2.11. The molecule has 1 aromatic carbocycles. The van der Waals surface area contributed by atoms with E-state index >= 15 is 0 Å². The number of nitrogens with zero attached hydrogens (tertiary/aromatic N) is 2. The highest BCUT2D eigenvalue weighted by atomic mass is 16.7. The lowest BCUT2D eigenvalue weighted by molar-refractivity contribution is 0.0460.